The molecule has 0 spiro atoms. The van der Waals surface area contributed by atoms with Crippen molar-refractivity contribution in [2.45, 2.75) is 51.5 Å². The lowest BCUT2D eigenvalue weighted by molar-refractivity contribution is -0.119. The third-order valence-corrected chi connectivity index (χ3v) is 6.16. The fraction of sp³-hybridized carbons (Fsp3) is 0.700. The zero-order valence-corrected chi connectivity index (χ0v) is 16.4. The second-order valence-electron chi connectivity index (χ2n) is 7.98. The molecule has 8 heteroatoms. The number of imidazole rings is 1. The standard InChI is InChI=1S/C20H29N5O3/c26-15-22-11-13-24(14-12-22)19(27)17-16-7-3-6-10-25(16)18(21-17)20(28)23-8-4-1-2-5-9-23/h15H,1-14H2. The highest BCUT2D eigenvalue weighted by Crippen LogP contribution is 2.24. The first-order valence-corrected chi connectivity index (χ1v) is 10.6. The van der Waals surface area contributed by atoms with Crippen LogP contribution in [0.2, 0.25) is 0 Å². The maximum Gasteiger partial charge on any atom is 0.289 e. The van der Waals surface area contributed by atoms with Crippen molar-refractivity contribution in [3.8, 4) is 0 Å². The van der Waals surface area contributed by atoms with E-state index in [1.54, 1.807) is 9.80 Å². The molecule has 4 rings (SSSR count). The first-order valence-electron chi connectivity index (χ1n) is 10.6. The Bertz CT molecular complexity index is 743. The van der Waals surface area contributed by atoms with Crippen LogP contribution in [0.3, 0.4) is 0 Å². The van der Waals surface area contributed by atoms with Gasteiger partial charge in [0.05, 0.1) is 5.69 Å². The van der Waals surface area contributed by atoms with Crippen molar-refractivity contribution in [2.75, 3.05) is 39.3 Å². The van der Waals surface area contributed by atoms with E-state index in [2.05, 4.69) is 4.98 Å². The van der Waals surface area contributed by atoms with E-state index in [0.717, 1.165) is 63.8 Å². The topological polar surface area (TPSA) is 78.8 Å². The quantitative estimate of drug-likeness (QED) is 0.729. The molecule has 8 nitrogen and oxygen atoms in total. The molecule has 0 aliphatic carbocycles. The van der Waals surface area contributed by atoms with E-state index in [1.807, 2.05) is 9.47 Å². The van der Waals surface area contributed by atoms with Gasteiger partial charge in [0, 0.05) is 45.8 Å². The van der Waals surface area contributed by atoms with E-state index < -0.39 is 0 Å². The van der Waals surface area contributed by atoms with E-state index in [-0.39, 0.29) is 11.8 Å². The lowest BCUT2D eigenvalue weighted by Gasteiger charge is -2.32. The monoisotopic (exact) mass is 387 g/mol. The van der Waals surface area contributed by atoms with Gasteiger partial charge in [0.2, 0.25) is 6.41 Å². The molecule has 152 valence electrons. The number of piperazine rings is 1. The molecule has 3 aliphatic heterocycles. The summed E-state index contributed by atoms with van der Waals surface area (Å²) in [5.74, 6) is 0.299. The van der Waals surface area contributed by atoms with Crippen LogP contribution in [-0.4, -0.2) is 81.7 Å². The Labute approximate surface area is 165 Å². The molecular formula is C20H29N5O3. The zero-order valence-electron chi connectivity index (χ0n) is 16.4. The number of carbonyl (C=O) groups excluding carboxylic acids is 3. The van der Waals surface area contributed by atoms with Crippen molar-refractivity contribution in [1.29, 1.82) is 0 Å². The lowest BCUT2D eigenvalue weighted by atomic mass is 10.1. The first-order chi connectivity index (χ1) is 13.7. The van der Waals surface area contributed by atoms with E-state index >= 15 is 0 Å². The third kappa shape index (κ3) is 3.64. The summed E-state index contributed by atoms with van der Waals surface area (Å²) < 4.78 is 1.99. The summed E-state index contributed by atoms with van der Waals surface area (Å²) in [6.07, 6.45) is 8.05. The smallest absolute Gasteiger partial charge is 0.289 e. The number of hydrogen-bond donors (Lipinski definition) is 0. The number of hydrogen-bond acceptors (Lipinski definition) is 4. The molecule has 1 aromatic heterocycles. The predicted octanol–water partition coefficient (Wildman–Crippen LogP) is 1.15. The van der Waals surface area contributed by atoms with E-state index in [9.17, 15) is 14.4 Å². The van der Waals surface area contributed by atoms with E-state index in [0.29, 0.717) is 37.7 Å². The molecule has 3 amide bonds. The Morgan fingerprint density at radius 1 is 0.750 bits per heavy atom. The first kappa shape index (κ1) is 19.0. The fourth-order valence-corrected chi connectivity index (χ4v) is 4.47. The summed E-state index contributed by atoms with van der Waals surface area (Å²) >= 11 is 0. The minimum absolute atomic E-state index is 0.0325. The second kappa shape index (κ2) is 8.32. The number of rotatable bonds is 3. The van der Waals surface area contributed by atoms with E-state index in [4.69, 9.17) is 0 Å². The van der Waals surface area contributed by atoms with Crippen LogP contribution in [0.15, 0.2) is 0 Å². The highest BCUT2D eigenvalue weighted by Gasteiger charge is 2.32. The zero-order chi connectivity index (χ0) is 19.5. The van der Waals surface area contributed by atoms with Gasteiger partial charge in [0.15, 0.2) is 5.82 Å². The molecule has 0 atom stereocenters. The minimum atomic E-state index is -0.105. The van der Waals surface area contributed by atoms with Gasteiger partial charge in [-0.05, 0) is 32.1 Å². The van der Waals surface area contributed by atoms with Crippen molar-refractivity contribution >= 4 is 18.2 Å². The average Bonchev–Trinajstić information content (AvgIpc) is 2.92. The summed E-state index contributed by atoms with van der Waals surface area (Å²) in [6, 6.07) is 0. The van der Waals surface area contributed by atoms with Gasteiger partial charge in [-0.25, -0.2) is 4.98 Å². The summed E-state index contributed by atoms with van der Waals surface area (Å²) in [4.78, 5) is 47.2. The molecule has 0 N–H and O–H groups in total. The molecular weight excluding hydrogens is 358 g/mol. The molecule has 0 radical (unpaired) electrons. The van der Waals surface area contributed by atoms with Crippen molar-refractivity contribution in [3.63, 3.8) is 0 Å². The molecule has 0 saturated carbocycles. The van der Waals surface area contributed by atoms with Crippen LogP contribution < -0.4 is 0 Å². The third-order valence-electron chi connectivity index (χ3n) is 6.16. The molecule has 0 aromatic carbocycles. The Morgan fingerprint density at radius 3 is 2.07 bits per heavy atom. The summed E-state index contributed by atoms with van der Waals surface area (Å²) in [5.41, 5.74) is 1.35. The number of carbonyl (C=O) groups is 3. The fourth-order valence-electron chi connectivity index (χ4n) is 4.47. The van der Waals surface area contributed by atoms with Gasteiger partial charge in [-0.1, -0.05) is 12.8 Å². The summed E-state index contributed by atoms with van der Waals surface area (Å²) in [7, 11) is 0. The van der Waals surface area contributed by atoms with Gasteiger partial charge in [-0.15, -0.1) is 0 Å². The Kier molecular flexibility index (Phi) is 5.64. The van der Waals surface area contributed by atoms with Crippen molar-refractivity contribution in [2.24, 2.45) is 0 Å². The van der Waals surface area contributed by atoms with Gasteiger partial charge >= 0.3 is 0 Å². The van der Waals surface area contributed by atoms with Gasteiger partial charge in [-0.3, -0.25) is 14.4 Å². The van der Waals surface area contributed by atoms with Gasteiger partial charge in [0.1, 0.15) is 5.69 Å². The lowest BCUT2D eigenvalue weighted by Crippen LogP contribution is -2.48. The molecule has 3 aliphatic rings. The molecule has 28 heavy (non-hydrogen) atoms. The molecule has 0 bridgehead atoms. The number of aromatic nitrogens is 2. The van der Waals surface area contributed by atoms with Crippen LogP contribution in [0.5, 0.6) is 0 Å². The Morgan fingerprint density at radius 2 is 1.39 bits per heavy atom. The second-order valence-corrected chi connectivity index (χ2v) is 7.98. The largest absolute Gasteiger partial charge is 0.342 e. The number of amides is 3. The Balaban J connectivity index is 1.59. The van der Waals surface area contributed by atoms with Gasteiger partial charge in [0.25, 0.3) is 11.8 Å². The SMILES string of the molecule is O=CN1CCN(C(=O)c2nc(C(=O)N3CCCCCC3)n3c2CCCC3)CC1. The van der Waals surface area contributed by atoms with E-state index in [1.165, 1.54) is 12.8 Å². The molecule has 1 aromatic rings. The highest BCUT2D eigenvalue weighted by atomic mass is 16.2. The predicted molar refractivity (Wildman–Crippen MR) is 103 cm³/mol. The number of nitrogens with zero attached hydrogens (tertiary/aromatic N) is 5. The summed E-state index contributed by atoms with van der Waals surface area (Å²) in [5, 5.41) is 0. The van der Waals surface area contributed by atoms with Crippen LogP contribution >= 0.6 is 0 Å². The van der Waals surface area contributed by atoms with Crippen molar-refractivity contribution in [3.05, 3.63) is 17.2 Å². The van der Waals surface area contributed by atoms with Crippen LogP contribution in [-0.2, 0) is 17.8 Å². The van der Waals surface area contributed by atoms with Crippen molar-refractivity contribution in [1.82, 2.24) is 24.3 Å². The minimum Gasteiger partial charge on any atom is -0.342 e. The molecule has 0 unspecified atom stereocenters. The molecule has 4 heterocycles. The molecule has 2 saturated heterocycles. The average molecular weight is 387 g/mol. The summed E-state index contributed by atoms with van der Waals surface area (Å²) in [6.45, 7) is 4.42. The van der Waals surface area contributed by atoms with Crippen LogP contribution in [0.1, 0.15) is 65.3 Å². The van der Waals surface area contributed by atoms with Crippen LogP contribution in [0.25, 0.3) is 0 Å². The maximum atomic E-state index is 13.2. The van der Waals surface area contributed by atoms with Crippen LogP contribution in [0.4, 0.5) is 0 Å². The highest BCUT2D eigenvalue weighted by molar-refractivity contribution is 5.97. The maximum absolute atomic E-state index is 13.2. The van der Waals surface area contributed by atoms with Gasteiger partial charge in [-0.2, -0.15) is 0 Å². The number of likely N-dealkylation sites (tertiary alicyclic amines) is 1. The Hall–Kier alpha value is -2.38. The number of fused-ring (bicyclic) bond motifs is 1. The normalized spacial score (nSPS) is 20.5. The van der Waals surface area contributed by atoms with Crippen molar-refractivity contribution < 1.29 is 14.4 Å². The van der Waals surface area contributed by atoms with Gasteiger partial charge < -0.3 is 19.3 Å². The van der Waals surface area contributed by atoms with Crippen LogP contribution in [0, 0.1) is 0 Å². The molecule has 2 fully saturated rings.